The first-order chi connectivity index (χ1) is 13.4. The molecule has 2 aliphatic rings. The highest BCUT2D eigenvalue weighted by atomic mass is 16.2. The van der Waals surface area contributed by atoms with E-state index < -0.39 is 0 Å². The largest absolute Gasteiger partial charge is 0.356 e. The molecule has 1 aromatic rings. The van der Waals surface area contributed by atoms with Crippen molar-refractivity contribution in [3.05, 3.63) is 29.8 Å². The quantitative estimate of drug-likeness (QED) is 0.733. The Morgan fingerprint density at radius 1 is 1.07 bits per heavy atom. The molecule has 3 rings (SSSR count). The summed E-state index contributed by atoms with van der Waals surface area (Å²) < 4.78 is 0. The molecule has 2 saturated heterocycles. The lowest BCUT2D eigenvalue weighted by atomic mass is 9.92. The average Bonchev–Trinajstić information content (AvgIpc) is 3.03. The number of amides is 2. The zero-order valence-corrected chi connectivity index (χ0v) is 17.6. The Hall–Kier alpha value is -1.88. The Balaban J connectivity index is 1.36. The zero-order valence-electron chi connectivity index (χ0n) is 17.6. The number of benzene rings is 1. The molecule has 5 nitrogen and oxygen atoms in total. The topological polar surface area (TPSA) is 52.7 Å². The molecule has 0 aliphatic carbocycles. The lowest BCUT2D eigenvalue weighted by Crippen LogP contribution is -2.39. The summed E-state index contributed by atoms with van der Waals surface area (Å²) in [5, 5.41) is 3.05. The second-order valence-corrected chi connectivity index (χ2v) is 8.94. The number of anilines is 1. The first kappa shape index (κ1) is 20.8. The summed E-state index contributed by atoms with van der Waals surface area (Å²) in [6.45, 7) is 11.4. The summed E-state index contributed by atoms with van der Waals surface area (Å²) in [5.41, 5.74) is 2.05. The van der Waals surface area contributed by atoms with E-state index in [1.54, 1.807) is 4.90 Å². The number of piperidine rings is 1. The molecule has 2 aliphatic heterocycles. The molecule has 5 heteroatoms. The molecule has 28 heavy (non-hydrogen) atoms. The van der Waals surface area contributed by atoms with Crippen LogP contribution < -0.4 is 10.2 Å². The molecule has 0 bridgehead atoms. The van der Waals surface area contributed by atoms with E-state index in [9.17, 15) is 9.59 Å². The van der Waals surface area contributed by atoms with E-state index in [1.165, 1.54) is 19.5 Å². The van der Waals surface area contributed by atoms with Crippen molar-refractivity contribution < 1.29 is 9.59 Å². The minimum Gasteiger partial charge on any atom is -0.356 e. The van der Waals surface area contributed by atoms with Crippen LogP contribution in [0.1, 0.15) is 45.1 Å². The third kappa shape index (κ3) is 5.57. The smallest absolute Gasteiger partial charge is 0.227 e. The molecule has 0 radical (unpaired) electrons. The van der Waals surface area contributed by atoms with Gasteiger partial charge in [0.25, 0.3) is 0 Å². The number of aryl methyl sites for hydroxylation is 1. The molecule has 2 heterocycles. The molecule has 2 fully saturated rings. The van der Waals surface area contributed by atoms with E-state index in [1.807, 2.05) is 31.2 Å². The predicted molar refractivity (Wildman–Crippen MR) is 113 cm³/mol. The van der Waals surface area contributed by atoms with Crippen LogP contribution in [0.5, 0.6) is 0 Å². The highest BCUT2D eigenvalue weighted by molar-refractivity contribution is 6.00. The second kappa shape index (κ2) is 9.55. The van der Waals surface area contributed by atoms with Gasteiger partial charge in [0.05, 0.1) is 5.92 Å². The van der Waals surface area contributed by atoms with Gasteiger partial charge in [0.2, 0.25) is 11.8 Å². The van der Waals surface area contributed by atoms with Crippen molar-refractivity contribution in [1.29, 1.82) is 0 Å². The number of rotatable bonds is 7. The van der Waals surface area contributed by atoms with Gasteiger partial charge in [-0.15, -0.1) is 0 Å². The molecule has 2 amide bonds. The van der Waals surface area contributed by atoms with Gasteiger partial charge < -0.3 is 15.1 Å². The summed E-state index contributed by atoms with van der Waals surface area (Å²) in [5.74, 6) is 1.40. The van der Waals surface area contributed by atoms with E-state index >= 15 is 0 Å². The van der Waals surface area contributed by atoms with Crippen molar-refractivity contribution >= 4 is 17.5 Å². The summed E-state index contributed by atoms with van der Waals surface area (Å²) in [4.78, 5) is 29.1. The van der Waals surface area contributed by atoms with E-state index in [4.69, 9.17) is 0 Å². The average molecular weight is 386 g/mol. The number of hydrogen-bond donors (Lipinski definition) is 1. The number of unbranched alkanes of at least 4 members (excludes halogenated alkanes) is 1. The first-order valence-corrected chi connectivity index (χ1v) is 10.8. The van der Waals surface area contributed by atoms with Gasteiger partial charge in [-0.1, -0.05) is 31.5 Å². The first-order valence-electron chi connectivity index (χ1n) is 10.8. The van der Waals surface area contributed by atoms with Crippen LogP contribution in [-0.4, -0.2) is 49.4 Å². The molecule has 0 saturated carbocycles. The summed E-state index contributed by atoms with van der Waals surface area (Å²) in [7, 11) is 0. The van der Waals surface area contributed by atoms with Crippen molar-refractivity contribution in [2.45, 2.75) is 46.5 Å². The molecule has 1 aromatic carbocycles. The van der Waals surface area contributed by atoms with Crippen LogP contribution in [0.4, 0.5) is 5.69 Å². The maximum Gasteiger partial charge on any atom is 0.227 e. The minimum absolute atomic E-state index is 0.0168. The van der Waals surface area contributed by atoms with Gasteiger partial charge in [0.15, 0.2) is 0 Å². The molecule has 3 unspecified atom stereocenters. The minimum atomic E-state index is -0.238. The van der Waals surface area contributed by atoms with Gasteiger partial charge in [0, 0.05) is 38.3 Å². The zero-order chi connectivity index (χ0) is 20.1. The Morgan fingerprint density at radius 3 is 2.43 bits per heavy atom. The predicted octanol–water partition coefficient (Wildman–Crippen LogP) is 3.22. The van der Waals surface area contributed by atoms with Crippen molar-refractivity contribution in [2.75, 3.05) is 37.6 Å². The van der Waals surface area contributed by atoms with Crippen molar-refractivity contribution in [3.8, 4) is 0 Å². The van der Waals surface area contributed by atoms with Gasteiger partial charge in [-0.2, -0.15) is 0 Å². The normalized spacial score (nSPS) is 25.9. The van der Waals surface area contributed by atoms with Crippen LogP contribution in [-0.2, 0) is 9.59 Å². The van der Waals surface area contributed by atoms with Crippen LogP contribution >= 0.6 is 0 Å². The molecule has 1 N–H and O–H groups in total. The maximum absolute atomic E-state index is 12.5. The molecule has 0 aromatic heterocycles. The number of carbonyl (C=O) groups excluding carboxylic acids is 2. The fraction of sp³-hybridized carbons (Fsp3) is 0.652. The Morgan fingerprint density at radius 2 is 1.75 bits per heavy atom. The molecule has 3 atom stereocenters. The highest BCUT2D eigenvalue weighted by Crippen LogP contribution is 2.25. The SMILES string of the molecule is Cc1ccc(N2CC(C(=O)NCCCCN3CC(C)CC(C)C3)CC2=O)cc1. The Bertz CT molecular complexity index is 663. The fourth-order valence-corrected chi connectivity index (χ4v) is 4.65. The maximum atomic E-state index is 12.5. The molecular formula is C23H35N3O2. The van der Waals surface area contributed by atoms with E-state index in [0.29, 0.717) is 19.5 Å². The summed E-state index contributed by atoms with van der Waals surface area (Å²) in [6, 6.07) is 7.91. The van der Waals surface area contributed by atoms with Gasteiger partial charge >= 0.3 is 0 Å². The van der Waals surface area contributed by atoms with Crippen LogP contribution in [0, 0.1) is 24.7 Å². The summed E-state index contributed by atoms with van der Waals surface area (Å²) in [6.07, 6.45) is 3.75. The van der Waals surface area contributed by atoms with Crippen molar-refractivity contribution in [1.82, 2.24) is 10.2 Å². The number of nitrogens with zero attached hydrogens (tertiary/aromatic N) is 2. The van der Waals surface area contributed by atoms with Gasteiger partial charge in [-0.25, -0.2) is 0 Å². The number of likely N-dealkylation sites (tertiary alicyclic amines) is 1. The Kier molecular flexibility index (Phi) is 7.11. The van der Waals surface area contributed by atoms with Crippen LogP contribution in [0.2, 0.25) is 0 Å². The van der Waals surface area contributed by atoms with Crippen LogP contribution in [0.15, 0.2) is 24.3 Å². The van der Waals surface area contributed by atoms with Crippen LogP contribution in [0.3, 0.4) is 0 Å². The van der Waals surface area contributed by atoms with Gasteiger partial charge in [-0.05, 0) is 56.7 Å². The van der Waals surface area contributed by atoms with E-state index in [0.717, 1.165) is 42.5 Å². The van der Waals surface area contributed by atoms with Crippen LogP contribution in [0.25, 0.3) is 0 Å². The van der Waals surface area contributed by atoms with E-state index in [-0.39, 0.29) is 17.7 Å². The lowest BCUT2D eigenvalue weighted by molar-refractivity contribution is -0.126. The molecular weight excluding hydrogens is 350 g/mol. The fourth-order valence-electron chi connectivity index (χ4n) is 4.65. The van der Waals surface area contributed by atoms with Crippen molar-refractivity contribution in [2.24, 2.45) is 17.8 Å². The lowest BCUT2D eigenvalue weighted by Gasteiger charge is -2.34. The number of carbonyl (C=O) groups is 2. The molecule has 154 valence electrons. The van der Waals surface area contributed by atoms with Crippen molar-refractivity contribution in [3.63, 3.8) is 0 Å². The number of nitrogens with one attached hydrogen (secondary N) is 1. The Labute approximate surface area is 169 Å². The van der Waals surface area contributed by atoms with E-state index in [2.05, 4.69) is 24.1 Å². The molecule has 0 spiro atoms. The number of hydrogen-bond acceptors (Lipinski definition) is 3. The van der Waals surface area contributed by atoms with Gasteiger partial charge in [-0.3, -0.25) is 9.59 Å². The van der Waals surface area contributed by atoms with Gasteiger partial charge in [0.1, 0.15) is 0 Å². The monoisotopic (exact) mass is 385 g/mol. The summed E-state index contributed by atoms with van der Waals surface area (Å²) >= 11 is 0. The third-order valence-corrected chi connectivity index (χ3v) is 5.99. The highest BCUT2D eigenvalue weighted by Gasteiger charge is 2.34. The third-order valence-electron chi connectivity index (χ3n) is 5.99. The second-order valence-electron chi connectivity index (χ2n) is 8.94. The standard InChI is InChI=1S/C23H35N3O2/c1-17-6-8-21(9-7-17)26-16-20(13-22(26)27)23(28)24-10-4-5-11-25-14-18(2)12-19(3)15-25/h6-9,18-20H,4-5,10-16H2,1-3H3,(H,24,28).